The van der Waals surface area contributed by atoms with Crippen molar-refractivity contribution in [3.63, 3.8) is 0 Å². The number of nitrogens with zero attached hydrogens (tertiary/aromatic N) is 2. The van der Waals surface area contributed by atoms with Crippen LogP contribution in [0.5, 0.6) is 0 Å². The van der Waals surface area contributed by atoms with E-state index >= 15 is 0 Å². The van der Waals surface area contributed by atoms with Crippen molar-refractivity contribution in [1.82, 2.24) is 9.78 Å². The molecule has 4 aliphatic carbocycles. The summed E-state index contributed by atoms with van der Waals surface area (Å²) in [5.74, 6) is 3.16. The van der Waals surface area contributed by atoms with Crippen LogP contribution in [0, 0.1) is 30.1 Å². The molecule has 1 aromatic heterocycles. The second-order valence-corrected chi connectivity index (χ2v) is 10.9. The Hall–Kier alpha value is -2.42. The van der Waals surface area contributed by atoms with Crippen LogP contribution < -0.4 is 0 Å². The van der Waals surface area contributed by atoms with Gasteiger partial charge in [-0.1, -0.05) is 42.5 Å². The number of carbonyl (C=O) groups excluding carboxylic acids is 1. The predicted octanol–water partition coefficient (Wildman–Crippen LogP) is 6.11. The fourth-order valence-electron chi connectivity index (χ4n) is 7.55. The average Bonchev–Trinajstić information content (AvgIpc) is 3.02. The van der Waals surface area contributed by atoms with Gasteiger partial charge in [-0.15, -0.1) is 0 Å². The minimum atomic E-state index is 0.337. The van der Waals surface area contributed by atoms with Gasteiger partial charge in [-0.3, -0.25) is 9.48 Å². The maximum atomic E-state index is 13.1. The Labute approximate surface area is 184 Å². The topological polar surface area (TPSA) is 34.9 Å². The largest absolute Gasteiger partial charge is 0.299 e. The van der Waals surface area contributed by atoms with Gasteiger partial charge in [0.2, 0.25) is 0 Å². The van der Waals surface area contributed by atoms with Gasteiger partial charge in [0, 0.05) is 23.9 Å². The van der Waals surface area contributed by atoms with Crippen LogP contribution in [0.3, 0.4) is 0 Å². The summed E-state index contributed by atoms with van der Waals surface area (Å²) < 4.78 is 2.08. The van der Waals surface area contributed by atoms with Gasteiger partial charge in [0.05, 0.1) is 12.1 Å². The first kappa shape index (κ1) is 19.3. The molecule has 0 radical (unpaired) electrons. The molecule has 1 heterocycles. The lowest BCUT2D eigenvalue weighted by Crippen LogP contribution is -2.47. The summed E-state index contributed by atoms with van der Waals surface area (Å²) in [7, 11) is 0. The Kier molecular flexibility index (Phi) is 4.55. The van der Waals surface area contributed by atoms with Gasteiger partial charge >= 0.3 is 0 Å². The smallest absolute Gasteiger partial charge is 0.137 e. The molecule has 160 valence electrons. The number of aromatic nitrogens is 2. The summed E-state index contributed by atoms with van der Waals surface area (Å²) in [5.41, 5.74) is 4.90. The zero-order chi connectivity index (χ0) is 21.0. The first-order valence-electron chi connectivity index (χ1n) is 12.1. The van der Waals surface area contributed by atoms with Crippen LogP contribution >= 0.6 is 0 Å². The molecule has 2 aromatic carbocycles. The van der Waals surface area contributed by atoms with Crippen molar-refractivity contribution in [2.75, 3.05) is 0 Å². The maximum Gasteiger partial charge on any atom is 0.137 e. The van der Waals surface area contributed by atoms with Crippen molar-refractivity contribution in [2.45, 2.75) is 64.8 Å². The molecule has 0 N–H and O–H groups in total. The molecule has 31 heavy (non-hydrogen) atoms. The maximum absolute atomic E-state index is 13.1. The summed E-state index contributed by atoms with van der Waals surface area (Å²) in [6.07, 6.45) is 9.62. The Balaban J connectivity index is 1.18. The molecule has 0 saturated heterocycles. The van der Waals surface area contributed by atoms with E-state index in [9.17, 15) is 4.79 Å². The summed E-state index contributed by atoms with van der Waals surface area (Å²) in [6.45, 7) is 2.91. The lowest BCUT2D eigenvalue weighted by atomic mass is 9.48. The fraction of sp³-hybridized carbons (Fsp3) is 0.500. The van der Waals surface area contributed by atoms with E-state index in [0.717, 1.165) is 41.8 Å². The lowest BCUT2D eigenvalue weighted by Gasteiger charge is -2.56. The van der Waals surface area contributed by atoms with E-state index in [-0.39, 0.29) is 0 Å². The van der Waals surface area contributed by atoms with Crippen LogP contribution in [0.15, 0.2) is 48.5 Å². The number of aryl methyl sites for hydroxylation is 1. The number of carbonyl (C=O) groups is 1. The van der Waals surface area contributed by atoms with Gasteiger partial charge in [-0.25, -0.2) is 0 Å². The van der Waals surface area contributed by atoms with Gasteiger partial charge in [-0.2, -0.15) is 5.10 Å². The van der Waals surface area contributed by atoms with Crippen LogP contribution in [0.2, 0.25) is 0 Å². The van der Waals surface area contributed by atoms with Crippen molar-refractivity contribution in [1.29, 1.82) is 0 Å². The Bertz CT molecular complexity index is 1090. The second kappa shape index (κ2) is 7.32. The molecular weight excluding hydrogens is 380 g/mol. The first-order valence-corrected chi connectivity index (χ1v) is 12.1. The molecule has 7 rings (SSSR count). The number of benzene rings is 2. The van der Waals surface area contributed by atoms with Gasteiger partial charge in [0.15, 0.2) is 0 Å². The number of Topliss-reactive ketones (excluding diaryl/α,β-unsaturated/α-hetero) is 1. The molecule has 0 aliphatic heterocycles. The van der Waals surface area contributed by atoms with Gasteiger partial charge in [0.25, 0.3) is 0 Å². The van der Waals surface area contributed by atoms with Crippen molar-refractivity contribution < 1.29 is 4.79 Å². The first-order chi connectivity index (χ1) is 15.1. The highest BCUT2D eigenvalue weighted by atomic mass is 16.1. The normalized spacial score (nSPS) is 29.0. The molecular formula is C28H32N2O. The van der Waals surface area contributed by atoms with Crippen LogP contribution in [0.4, 0.5) is 0 Å². The molecule has 0 unspecified atom stereocenters. The van der Waals surface area contributed by atoms with Crippen molar-refractivity contribution >= 4 is 16.7 Å². The summed E-state index contributed by atoms with van der Waals surface area (Å²) in [6, 6.07) is 16.9. The average molecular weight is 413 g/mol. The minimum absolute atomic E-state index is 0.337. The van der Waals surface area contributed by atoms with Gasteiger partial charge in [-0.05, 0) is 85.8 Å². The third-order valence-corrected chi connectivity index (χ3v) is 8.38. The van der Waals surface area contributed by atoms with Crippen molar-refractivity contribution in [3.05, 3.63) is 65.4 Å². The highest BCUT2D eigenvalue weighted by molar-refractivity contribution is 5.85. The second-order valence-electron chi connectivity index (χ2n) is 10.9. The molecule has 4 aliphatic rings. The fourth-order valence-corrected chi connectivity index (χ4v) is 7.55. The zero-order valence-corrected chi connectivity index (χ0v) is 18.5. The zero-order valence-electron chi connectivity index (χ0n) is 18.5. The van der Waals surface area contributed by atoms with E-state index in [2.05, 4.69) is 54.1 Å². The van der Waals surface area contributed by atoms with E-state index in [0.29, 0.717) is 17.6 Å². The molecule has 3 aromatic rings. The van der Waals surface area contributed by atoms with Gasteiger partial charge in [0.1, 0.15) is 5.78 Å². The van der Waals surface area contributed by atoms with Crippen molar-refractivity contribution in [2.24, 2.45) is 23.2 Å². The summed E-state index contributed by atoms with van der Waals surface area (Å²) in [4.78, 5) is 13.1. The minimum Gasteiger partial charge on any atom is -0.299 e. The Morgan fingerprint density at radius 2 is 1.65 bits per heavy atom. The molecule has 4 fully saturated rings. The van der Waals surface area contributed by atoms with E-state index in [1.807, 2.05) is 6.07 Å². The van der Waals surface area contributed by atoms with Crippen LogP contribution in [0.25, 0.3) is 10.9 Å². The molecule has 3 heteroatoms. The van der Waals surface area contributed by atoms with Crippen LogP contribution in [-0.2, 0) is 17.8 Å². The standard InChI is InChI=1S/C28H32N2O/c1-19-26-8-7-21(13-27(26)29-30(19)18-20-5-3-2-4-6-20)12-25(31)17-28-14-22-9-23(15-28)11-24(10-22)16-28/h2-8,13,22-24H,9-12,14-18H2,1H3. The van der Waals surface area contributed by atoms with Crippen LogP contribution in [0.1, 0.15) is 61.8 Å². The third kappa shape index (κ3) is 3.62. The SMILES string of the molecule is Cc1c2ccc(CC(=O)CC34CC5CC(CC(C5)C3)C4)cc2nn1Cc1ccccc1. The number of rotatable bonds is 6. The van der Waals surface area contributed by atoms with E-state index < -0.39 is 0 Å². The van der Waals surface area contributed by atoms with Crippen molar-refractivity contribution in [3.8, 4) is 0 Å². The van der Waals surface area contributed by atoms with E-state index in [1.165, 1.54) is 55.2 Å². The summed E-state index contributed by atoms with van der Waals surface area (Å²) >= 11 is 0. The Morgan fingerprint density at radius 1 is 0.968 bits per heavy atom. The molecule has 0 atom stereocenters. The third-order valence-electron chi connectivity index (χ3n) is 8.38. The number of hydrogen-bond donors (Lipinski definition) is 0. The van der Waals surface area contributed by atoms with E-state index in [4.69, 9.17) is 5.10 Å². The molecule has 3 nitrogen and oxygen atoms in total. The molecule has 0 spiro atoms. The highest BCUT2D eigenvalue weighted by Gasteiger charge is 2.51. The number of fused-ring (bicyclic) bond motifs is 1. The van der Waals surface area contributed by atoms with Gasteiger partial charge < -0.3 is 0 Å². The lowest BCUT2D eigenvalue weighted by molar-refractivity contribution is -0.126. The molecule has 4 saturated carbocycles. The monoisotopic (exact) mass is 412 g/mol. The van der Waals surface area contributed by atoms with Crippen LogP contribution in [-0.4, -0.2) is 15.6 Å². The molecule has 4 bridgehead atoms. The number of hydrogen-bond acceptors (Lipinski definition) is 2. The quantitative estimate of drug-likeness (QED) is 0.489. The van der Waals surface area contributed by atoms with E-state index in [1.54, 1.807) is 0 Å². The summed E-state index contributed by atoms with van der Waals surface area (Å²) in [5, 5.41) is 6.05. The molecule has 0 amide bonds. The Morgan fingerprint density at radius 3 is 2.32 bits per heavy atom. The predicted molar refractivity (Wildman–Crippen MR) is 124 cm³/mol. The highest BCUT2D eigenvalue weighted by Crippen LogP contribution is 2.61. The number of ketones is 1.